The van der Waals surface area contributed by atoms with Gasteiger partial charge in [-0.2, -0.15) is 0 Å². The van der Waals surface area contributed by atoms with Crippen LogP contribution < -0.4 is 5.32 Å². The summed E-state index contributed by atoms with van der Waals surface area (Å²) in [6.45, 7) is 2.37. The van der Waals surface area contributed by atoms with Crippen LogP contribution in [0.3, 0.4) is 0 Å². The van der Waals surface area contributed by atoms with Gasteiger partial charge in [0.05, 0.1) is 0 Å². The van der Waals surface area contributed by atoms with Crippen LogP contribution in [-0.2, 0) is 6.42 Å². The van der Waals surface area contributed by atoms with Crippen molar-refractivity contribution < 1.29 is 8.78 Å². The fourth-order valence-corrected chi connectivity index (χ4v) is 3.33. The summed E-state index contributed by atoms with van der Waals surface area (Å²) in [7, 11) is 1.75. The molecule has 0 aromatic heterocycles. The van der Waals surface area contributed by atoms with E-state index in [1.54, 1.807) is 7.05 Å². The molecule has 3 nitrogen and oxygen atoms in total. The number of halogens is 2. The molecule has 0 aliphatic carbocycles. The summed E-state index contributed by atoms with van der Waals surface area (Å²) in [4.78, 5) is 6.55. The minimum atomic E-state index is -0.411. The highest BCUT2D eigenvalue weighted by molar-refractivity contribution is 5.80. The molecule has 5 heteroatoms. The van der Waals surface area contributed by atoms with E-state index in [4.69, 9.17) is 0 Å². The maximum absolute atomic E-state index is 13.7. The Morgan fingerprint density at radius 3 is 2.76 bits per heavy atom. The molecule has 1 aliphatic heterocycles. The van der Waals surface area contributed by atoms with Crippen molar-refractivity contribution in [1.82, 2.24) is 10.2 Å². The largest absolute Gasteiger partial charge is 0.356 e. The van der Waals surface area contributed by atoms with Gasteiger partial charge in [0, 0.05) is 32.6 Å². The van der Waals surface area contributed by atoms with E-state index in [-0.39, 0.29) is 5.82 Å². The van der Waals surface area contributed by atoms with Crippen molar-refractivity contribution in [3.63, 3.8) is 0 Å². The number of hydrogen-bond acceptors (Lipinski definition) is 1. The Kier molecular flexibility index (Phi) is 5.64. The second-order valence-electron chi connectivity index (χ2n) is 6.30. The van der Waals surface area contributed by atoms with Crippen molar-refractivity contribution >= 4 is 5.96 Å². The number of hydrogen-bond donors (Lipinski definition) is 1. The molecule has 1 saturated heterocycles. The number of likely N-dealkylation sites (tertiary alicyclic amines) is 1. The molecular formula is C20H23F2N3. The van der Waals surface area contributed by atoms with E-state index in [9.17, 15) is 8.78 Å². The molecule has 0 radical (unpaired) electrons. The van der Waals surface area contributed by atoms with Gasteiger partial charge in [0.25, 0.3) is 0 Å². The van der Waals surface area contributed by atoms with Gasteiger partial charge in [-0.05, 0) is 42.2 Å². The third kappa shape index (κ3) is 4.35. The number of nitrogens with zero attached hydrogens (tertiary/aromatic N) is 2. The van der Waals surface area contributed by atoms with Gasteiger partial charge >= 0.3 is 0 Å². The molecule has 3 rings (SSSR count). The highest BCUT2D eigenvalue weighted by atomic mass is 19.1. The van der Waals surface area contributed by atoms with Gasteiger partial charge in [0.15, 0.2) is 5.96 Å². The maximum Gasteiger partial charge on any atom is 0.193 e. The normalized spacial score (nSPS) is 17.8. The van der Waals surface area contributed by atoms with Gasteiger partial charge in [-0.1, -0.05) is 30.3 Å². The highest BCUT2D eigenvalue weighted by Gasteiger charge is 2.25. The molecule has 1 unspecified atom stereocenters. The molecule has 1 aliphatic rings. The van der Waals surface area contributed by atoms with E-state index in [1.165, 1.54) is 17.7 Å². The van der Waals surface area contributed by atoms with Gasteiger partial charge in [-0.25, -0.2) is 8.78 Å². The van der Waals surface area contributed by atoms with Crippen LogP contribution in [0.1, 0.15) is 23.5 Å². The van der Waals surface area contributed by atoms with Crippen LogP contribution in [0, 0.1) is 11.6 Å². The molecule has 1 atom stereocenters. The van der Waals surface area contributed by atoms with E-state index in [2.05, 4.69) is 39.5 Å². The molecule has 1 N–H and O–H groups in total. The van der Waals surface area contributed by atoms with Gasteiger partial charge in [0.1, 0.15) is 11.6 Å². The fraction of sp³-hybridized carbons (Fsp3) is 0.350. The minimum absolute atomic E-state index is 0.372. The van der Waals surface area contributed by atoms with Crippen molar-refractivity contribution in [2.75, 3.05) is 26.7 Å². The quantitative estimate of drug-likeness (QED) is 0.679. The Morgan fingerprint density at radius 2 is 2.00 bits per heavy atom. The summed E-state index contributed by atoms with van der Waals surface area (Å²) in [5.41, 5.74) is 1.73. The third-order valence-corrected chi connectivity index (χ3v) is 4.66. The van der Waals surface area contributed by atoms with Gasteiger partial charge in [-0.3, -0.25) is 4.99 Å². The van der Waals surface area contributed by atoms with E-state index in [0.29, 0.717) is 24.4 Å². The van der Waals surface area contributed by atoms with Gasteiger partial charge in [0.2, 0.25) is 0 Å². The zero-order valence-corrected chi connectivity index (χ0v) is 14.4. The van der Waals surface area contributed by atoms with Crippen LogP contribution in [0.5, 0.6) is 0 Å². The predicted molar refractivity (Wildman–Crippen MR) is 96.8 cm³/mol. The summed E-state index contributed by atoms with van der Waals surface area (Å²) >= 11 is 0. The first-order valence-corrected chi connectivity index (χ1v) is 8.62. The molecule has 25 heavy (non-hydrogen) atoms. The van der Waals surface area contributed by atoms with Crippen molar-refractivity contribution in [2.45, 2.75) is 18.8 Å². The molecular weight excluding hydrogens is 320 g/mol. The Hall–Kier alpha value is -2.43. The van der Waals surface area contributed by atoms with Gasteiger partial charge in [-0.15, -0.1) is 0 Å². The van der Waals surface area contributed by atoms with Crippen molar-refractivity contribution in [3.05, 3.63) is 71.3 Å². The number of nitrogens with one attached hydrogen (secondary N) is 1. The van der Waals surface area contributed by atoms with Crippen LogP contribution in [0.15, 0.2) is 53.5 Å². The Morgan fingerprint density at radius 1 is 1.20 bits per heavy atom. The summed E-state index contributed by atoms with van der Waals surface area (Å²) < 4.78 is 26.9. The van der Waals surface area contributed by atoms with Gasteiger partial charge < -0.3 is 10.2 Å². The molecule has 0 saturated carbocycles. The van der Waals surface area contributed by atoms with Crippen LogP contribution >= 0.6 is 0 Å². The van der Waals surface area contributed by atoms with Crippen molar-refractivity contribution in [1.29, 1.82) is 0 Å². The maximum atomic E-state index is 13.7. The molecule has 2 aromatic rings. The zero-order valence-electron chi connectivity index (χ0n) is 14.4. The summed E-state index contributed by atoms with van der Waals surface area (Å²) in [6, 6.07) is 14.1. The number of aliphatic imine (C=N–C) groups is 1. The average molecular weight is 343 g/mol. The second kappa shape index (κ2) is 8.10. The topological polar surface area (TPSA) is 27.6 Å². The molecule has 0 bridgehead atoms. The molecule has 132 valence electrons. The average Bonchev–Trinajstić information content (AvgIpc) is 3.12. The third-order valence-electron chi connectivity index (χ3n) is 4.66. The number of rotatable bonds is 4. The lowest BCUT2D eigenvalue weighted by atomic mass is 9.99. The second-order valence-corrected chi connectivity index (χ2v) is 6.30. The first kappa shape index (κ1) is 17.4. The lowest BCUT2D eigenvalue weighted by Gasteiger charge is -2.22. The Bertz CT molecular complexity index is 731. The molecule has 1 heterocycles. The monoisotopic (exact) mass is 343 g/mol. The Labute approximate surface area is 147 Å². The zero-order chi connectivity index (χ0) is 17.6. The number of guanidine groups is 1. The predicted octanol–water partition coefficient (Wildman–Crippen LogP) is 3.57. The van der Waals surface area contributed by atoms with E-state index in [0.717, 1.165) is 31.5 Å². The summed E-state index contributed by atoms with van der Waals surface area (Å²) in [5, 5.41) is 3.27. The lowest BCUT2D eigenvalue weighted by molar-refractivity contribution is 0.485. The lowest BCUT2D eigenvalue weighted by Crippen LogP contribution is -2.40. The first-order valence-electron chi connectivity index (χ1n) is 8.62. The smallest absolute Gasteiger partial charge is 0.193 e. The van der Waals surface area contributed by atoms with E-state index < -0.39 is 5.82 Å². The van der Waals surface area contributed by atoms with Crippen LogP contribution in [0.2, 0.25) is 0 Å². The number of benzene rings is 2. The van der Waals surface area contributed by atoms with Crippen molar-refractivity contribution in [3.8, 4) is 0 Å². The standard InChI is InChI=1S/C20H23F2N3/c1-23-20(24-11-9-16-13-18(21)7-8-19(16)22)25-12-10-17(14-25)15-5-3-2-4-6-15/h2-8,13,17H,9-12,14H2,1H3,(H,23,24). The minimum Gasteiger partial charge on any atom is -0.356 e. The molecule has 0 amide bonds. The molecule has 1 fully saturated rings. The fourth-order valence-electron chi connectivity index (χ4n) is 3.33. The van der Waals surface area contributed by atoms with Crippen LogP contribution in [0.25, 0.3) is 0 Å². The van der Waals surface area contributed by atoms with E-state index >= 15 is 0 Å². The molecule has 0 spiro atoms. The van der Waals surface area contributed by atoms with Crippen LogP contribution in [-0.4, -0.2) is 37.5 Å². The Balaban J connectivity index is 1.54. The van der Waals surface area contributed by atoms with Crippen LogP contribution in [0.4, 0.5) is 8.78 Å². The van der Waals surface area contributed by atoms with Crippen molar-refractivity contribution in [2.24, 2.45) is 4.99 Å². The summed E-state index contributed by atoms with van der Waals surface area (Å²) in [5.74, 6) is 0.533. The SMILES string of the molecule is CN=C(NCCc1cc(F)ccc1F)N1CCC(c2ccccc2)C1. The summed E-state index contributed by atoms with van der Waals surface area (Å²) in [6.07, 6.45) is 1.50. The van der Waals surface area contributed by atoms with E-state index in [1.807, 2.05) is 6.07 Å². The molecule has 2 aromatic carbocycles. The first-order chi connectivity index (χ1) is 12.2. The highest BCUT2D eigenvalue weighted by Crippen LogP contribution is 2.26.